The maximum atomic E-state index is 12.1. The molecule has 0 radical (unpaired) electrons. The van der Waals surface area contributed by atoms with Gasteiger partial charge >= 0.3 is 5.97 Å². The van der Waals surface area contributed by atoms with Gasteiger partial charge in [0.25, 0.3) is 0 Å². The van der Waals surface area contributed by atoms with Crippen molar-refractivity contribution in [3.05, 3.63) is 28.2 Å². The third-order valence-corrected chi connectivity index (χ3v) is 4.80. The van der Waals surface area contributed by atoms with Gasteiger partial charge in [0.2, 0.25) is 10.0 Å². The fourth-order valence-electron chi connectivity index (χ4n) is 1.43. The summed E-state index contributed by atoms with van der Waals surface area (Å²) in [5, 5.41) is 0.0507. The Morgan fingerprint density at radius 2 is 1.86 bits per heavy atom. The Balaban J connectivity index is 2.60. The topological polar surface area (TPSA) is 72.5 Å². The number of carbonyl (C=O) groups excluding carboxylic acids is 1. The minimum absolute atomic E-state index is 0.0254. The molecule has 0 aliphatic heterocycles. The molecule has 5 nitrogen and oxygen atoms in total. The molecule has 1 N–H and O–H groups in total. The Labute approximate surface area is 134 Å². The Kier molecular flexibility index (Phi) is 6.93. The van der Waals surface area contributed by atoms with Gasteiger partial charge in [-0.05, 0) is 18.1 Å². The Bertz CT molecular complexity index is 582. The molecule has 21 heavy (non-hydrogen) atoms. The standard InChI is InChI=1S/C13H17Cl2NO4S/c1-9(2)8-20-12(17)6-7-16-21(18,19)13-10(14)4-3-5-11(13)15/h3-5,9,16H,6-8H2,1-2H3. The fourth-order valence-corrected chi connectivity index (χ4v) is 3.60. The van der Waals surface area contributed by atoms with Gasteiger partial charge in [-0.15, -0.1) is 0 Å². The minimum atomic E-state index is -3.87. The van der Waals surface area contributed by atoms with E-state index in [4.69, 9.17) is 27.9 Å². The number of rotatable bonds is 7. The lowest BCUT2D eigenvalue weighted by Gasteiger charge is -2.10. The summed E-state index contributed by atoms with van der Waals surface area (Å²) in [6.45, 7) is 4.05. The van der Waals surface area contributed by atoms with Crippen molar-refractivity contribution in [2.75, 3.05) is 13.2 Å². The van der Waals surface area contributed by atoms with Gasteiger partial charge in [0, 0.05) is 6.54 Å². The second-order valence-corrected chi connectivity index (χ2v) is 7.29. The summed E-state index contributed by atoms with van der Waals surface area (Å²) < 4.78 is 31.4. The Hall–Kier alpha value is -0.820. The maximum absolute atomic E-state index is 12.1. The highest BCUT2D eigenvalue weighted by molar-refractivity contribution is 7.89. The van der Waals surface area contributed by atoms with Gasteiger partial charge in [0.05, 0.1) is 23.1 Å². The molecule has 0 fully saturated rings. The molecule has 118 valence electrons. The van der Waals surface area contributed by atoms with Gasteiger partial charge in [-0.1, -0.05) is 43.1 Å². The van der Waals surface area contributed by atoms with Crippen molar-refractivity contribution in [2.24, 2.45) is 5.92 Å². The van der Waals surface area contributed by atoms with Crippen LogP contribution in [0.25, 0.3) is 0 Å². The van der Waals surface area contributed by atoms with E-state index in [9.17, 15) is 13.2 Å². The van der Waals surface area contributed by atoms with Gasteiger partial charge in [0.15, 0.2) is 0 Å². The van der Waals surface area contributed by atoms with Crippen LogP contribution in [0, 0.1) is 5.92 Å². The van der Waals surface area contributed by atoms with Crippen molar-refractivity contribution in [1.82, 2.24) is 4.72 Å². The maximum Gasteiger partial charge on any atom is 0.307 e. The molecule has 0 aliphatic carbocycles. The van der Waals surface area contributed by atoms with Crippen LogP contribution in [0.4, 0.5) is 0 Å². The molecular weight excluding hydrogens is 337 g/mol. The second-order valence-electron chi connectivity index (χ2n) is 4.78. The van der Waals surface area contributed by atoms with E-state index in [2.05, 4.69) is 4.72 Å². The van der Waals surface area contributed by atoms with Crippen LogP contribution < -0.4 is 4.72 Å². The summed E-state index contributed by atoms with van der Waals surface area (Å²) >= 11 is 11.7. The lowest BCUT2D eigenvalue weighted by atomic mass is 10.2. The van der Waals surface area contributed by atoms with E-state index in [0.29, 0.717) is 6.61 Å². The third kappa shape index (κ3) is 5.82. The normalized spacial score (nSPS) is 11.7. The number of sulfonamides is 1. The lowest BCUT2D eigenvalue weighted by Crippen LogP contribution is -2.27. The van der Waals surface area contributed by atoms with Gasteiger partial charge in [-0.3, -0.25) is 4.79 Å². The van der Waals surface area contributed by atoms with Crippen molar-refractivity contribution in [3.8, 4) is 0 Å². The minimum Gasteiger partial charge on any atom is -0.465 e. The fraction of sp³-hybridized carbons (Fsp3) is 0.462. The smallest absolute Gasteiger partial charge is 0.307 e. The van der Waals surface area contributed by atoms with Crippen molar-refractivity contribution >= 4 is 39.2 Å². The highest BCUT2D eigenvalue weighted by atomic mass is 35.5. The number of hydrogen-bond donors (Lipinski definition) is 1. The molecule has 0 saturated heterocycles. The number of halogens is 2. The summed E-state index contributed by atoms with van der Waals surface area (Å²) in [7, 11) is -3.87. The van der Waals surface area contributed by atoms with Crippen LogP contribution in [0.15, 0.2) is 23.1 Å². The van der Waals surface area contributed by atoms with Crippen molar-refractivity contribution < 1.29 is 17.9 Å². The SMILES string of the molecule is CC(C)COC(=O)CCNS(=O)(=O)c1c(Cl)cccc1Cl. The van der Waals surface area contributed by atoms with Crippen LogP contribution in [0.2, 0.25) is 10.0 Å². The predicted molar refractivity (Wildman–Crippen MR) is 82.1 cm³/mol. The van der Waals surface area contributed by atoms with E-state index in [1.54, 1.807) is 6.07 Å². The predicted octanol–water partition coefficient (Wildman–Crippen LogP) is 2.86. The molecule has 0 bridgehead atoms. The molecule has 1 aromatic carbocycles. The monoisotopic (exact) mass is 353 g/mol. The molecule has 0 atom stereocenters. The van der Waals surface area contributed by atoms with Crippen LogP contribution in [-0.4, -0.2) is 27.5 Å². The molecule has 1 rings (SSSR count). The van der Waals surface area contributed by atoms with Gasteiger partial charge in [-0.25, -0.2) is 13.1 Å². The van der Waals surface area contributed by atoms with Crippen LogP contribution in [0.5, 0.6) is 0 Å². The second kappa shape index (κ2) is 7.98. The van der Waals surface area contributed by atoms with Crippen LogP contribution in [0.1, 0.15) is 20.3 Å². The number of nitrogens with one attached hydrogen (secondary N) is 1. The first-order valence-electron chi connectivity index (χ1n) is 6.33. The van der Waals surface area contributed by atoms with Gasteiger partial charge in [0.1, 0.15) is 4.90 Å². The van der Waals surface area contributed by atoms with Crippen LogP contribution in [0.3, 0.4) is 0 Å². The molecule has 1 aromatic rings. The van der Waals surface area contributed by atoms with Crippen LogP contribution in [-0.2, 0) is 19.6 Å². The molecule has 0 amide bonds. The van der Waals surface area contributed by atoms with Gasteiger partial charge < -0.3 is 4.74 Å². The van der Waals surface area contributed by atoms with E-state index in [0.717, 1.165) is 0 Å². The van der Waals surface area contributed by atoms with E-state index in [1.807, 2.05) is 13.8 Å². The van der Waals surface area contributed by atoms with E-state index < -0.39 is 16.0 Å². The molecular formula is C13H17Cl2NO4S. The number of esters is 1. The quantitative estimate of drug-likeness (QED) is 0.765. The molecule has 0 spiro atoms. The summed E-state index contributed by atoms with van der Waals surface area (Å²) in [5.41, 5.74) is 0. The third-order valence-electron chi connectivity index (χ3n) is 2.39. The number of hydrogen-bond acceptors (Lipinski definition) is 4. The zero-order chi connectivity index (χ0) is 16.0. The van der Waals surface area contributed by atoms with Crippen LogP contribution >= 0.6 is 23.2 Å². The molecule has 8 heteroatoms. The van der Waals surface area contributed by atoms with E-state index >= 15 is 0 Å². The highest BCUT2D eigenvalue weighted by Crippen LogP contribution is 2.28. The molecule has 0 heterocycles. The molecule has 0 aliphatic rings. The lowest BCUT2D eigenvalue weighted by molar-refractivity contribution is -0.144. The zero-order valence-corrected chi connectivity index (χ0v) is 14.1. The average Bonchev–Trinajstić information content (AvgIpc) is 2.35. The average molecular weight is 354 g/mol. The molecule has 0 saturated carbocycles. The first kappa shape index (κ1) is 18.2. The Morgan fingerprint density at radius 1 is 1.29 bits per heavy atom. The number of benzene rings is 1. The first-order valence-corrected chi connectivity index (χ1v) is 8.57. The van der Waals surface area contributed by atoms with Crippen molar-refractivity contribution in [3.63, 3.8) is 0 Å². The summed E-state index contributed by atoms with van der Waals surface area (Å²) in [6.07, 6.45) is -0.0615. The Morgan fingerprint density at radius 3 is 2.38 bits per heavy atom. The summed E-state index contributed by atoms with van der Waals surface area (Å²) in [5.74, 6) is -0.232. The van der Waals surface area contributed by atoms with Crippen molar-refractivity contribution in [2.45, 2.75) is 25.2 Å². The summed E-state index contributed by atoms with van der Waals surface area (Å²) in [4.78, 5) is 11.2. The first-order chi connectivity index (χ1) is 9.74. The van der Waals surface area contributed by atoms with Gasteiger partial charge in [-0.2, -0.15) is 0 Å². The largest absolute Gasteiger partial charge is 0.465 e. The van der Waals surface area contributed by atoms with E-state index in [-0.39, 0.29) is 33.8 Å². The zero-order valence-electron chi connectivity index (χ0n) is 11.7. The number of ether oxygens (including phenoxy) is 1. The molecule has 0 aromatic heterocycles. The highest BCUT2D eigenvalue weighted by Gasteiger charge is 2.21. The number of carbonyl (C=O) groups is 1. The summed E-state index contributed by atoms with van der Waals surface area (Å²) in [6, 6.07) is 4.41. The van der Waals surface area contributed by atoms with Crippen molar-refractivity contribution in [1.29, 1.82) is 0 Å². The molecule has 0 unspecified atom stereocenters. The van der Waals surface area contributed by atoms with E-state index in [1.165, 1.54) is 12.1 Å².